The number of amides is 1. The summed E-state index contributed by atoms with van der Waals surface area (Å²) in [6.45, 7) is 3.12. The van der Waals surface area contributed by atoms with Crippen molar-refractivity contribution in [1.29, 1.82) is 0 Å². The Hall–Kier alpha value is -1.74. The Morgan fingerprint density at radius 3 is 2.59 bits per heavy atom. The van der Waals surface area contributed by atoms with Gasteiger partial charge in [0, 0.05) is 38.8 Å². The number of hydrogen-bond donors (Lipinski definition) is 1. The van der Waals surface area contributed by atoms with Gasteiger partial charge in [0.25, 0.3) is 5.91 Å². The van der Waals surface area contributed by atoms with E-state index in [1.54, 1.807) is 16.3 Å². The van der Waals surface area contributed by atoms with Crippen LogP contribution in [0.1, 0.15) is 40.9 Å². The Labute approximate surface area is 176 Å². The number of carbonyl (C=O) groups is 1. The maximum Gasteiger partial charge on any atom is 0.265 e. The van der Waals surface area contributed by atoms with Crippen LogP contribution in [0.4, 0.5) is 0 Å². The number of hydrogen-bond acceptors (Lipinski definition) is 5. The van der Waals surface area contributed by atoms with Crippen LogP contribution in [0.25, 0.3) is 0 Å². The average molecular weight is 434 g/mol. The molecule has 1 N–H and O–H groups in total. The summed E-state index contributed by atoms with van der Waals surface area (Å²) in [4.78, 5) is 15.5. The van der Waals surface area contributed by atoms with Crippen LogP contribution < -0.4 is 5.32 Å². The third-order valence-electron chi connectivity index (χ3n) is 5.65. The summed E-state index contributed by atoms with van der Waals surface area (Å²) in [5, 5.41) is 5.25. The van der Waals surface area contributed by atoms with Gasteiger partial charge in [0.1, 0.15) is 9.77 Å². The molecular formula is C21H27N3O3S2. The maximum absolute atomic E-state index is 13.2. The van der Waals surface area contributed by atoms with Crippen LogP contribution in [0.5, 0.6) is 0 Å². The first-order valence-electron chi connectivity index (χ1n) is 10.2. The van der Waals surface area contributed by atoms with Crippen molar-refractivity contribution >= 4 is 27.3 Å². The summed E-state index contributed by atoms with van der Waals surface area (Å²) in [6, 6.07) is 12.0. The molecule has 4 rings (SSSR count). The lowest BCUT2D eigenvalue weighted by Gasteiger charge is -2.33. The highest BCUT2D eigenvalue weighted by Crippen LogP contribution is 2.29. The van der Waals surface area contributed by atoms with E-state index in [1.807, 2.05) is 18.2 Å². The van der Waals surface area contributed by atoms with E-state index in [1.165, 1.54) is 21.2 Å². The minimum absolute atomic E-state index is 0.163. The summed E-state index contributed by atoms with van der Waals surface area (Å²) in [7, 11) is -3.59. The Kier molecular flexibility index (Phi) is 6.34. The van der Waals surface area contributed by atoms with Crippen LogP contribution in [-0.4, -0.2) is 55.8 Å². The van der Waals surface area contributed by atoms with Crippen LogP contribution in [-0.2, 0) is 16.6 Å². The largest absolute Gasteiger partial charge is 0.336 e. The highest BCUT2D eigenvalue weighted by Gasteiger charge is 2.34. The van der Waals surface area contributed by atoms with Gasteiger partial charge >= 0.3 is 0 Å². The molecule has 2 aliphatic heterocycles. The molecule has 6 nitrogen and oxygen atoms in total. The molecular weight excluding hydrogens is 406 g/mol. The van der Waals surface area contributed by atoms with E-state index < -0.39 is 10.0 Å². The van der Waals surface area contributed by atoms with Crippen LogP contribution in [0, 0.1) is 0 Å². The van der Waals surface area contributed by atoms with E-state index in [-0.39, 0.29) is 16.8 Å². The van der Waals surface area contributed by atoms with E-state index in [9.17, 15) is 13.2 Å². The molecule has 1 atom stereocenters. The van der Waals surface area contributed by atoms with Crippen molar-refractivity contribution in [3.8, 4) is 0 Å². The summed E-state index contributed by atoms with van der Waals surface area (Å²) < 4.78 is 27.5. The predicted molar refractivity (Wildman–Crippen MR) is 115 cm³/mol. The van der Waals surface area contributed by atoms with Crippen molar-refractivity contribution < 1.29 is 13.2 Å². The zero-order chi connectivity index (χ0) is 20.3. The molecule has 1 aromatic carbocycles. The monoisotopic (exact) mass is 433 g/mol. The first-order valence-corrected chi connectivity index (χ1v) is 12.5. The Morgan fingerprint density at radius 1 is 1.07 bits per heavy atom. The van der Waals surface area contributed by atoms with Gasteiger partial charge in [0.05, 0.1) is 0 Å². The molecule has 2 aliphatic rings. The zero-order valence-corrected chi connectivity index (χ0v) is 18.1. The molecule has 2 fully saturated rings. The van der Waals surface area contributed by atoms with Gasteiger partial charge in [0.15, 0.2) is 0 Å². The Bertz CT molecular complexity index is 937. The van der Waals surface area contributed by atoms with Crippen LogP contribution in [0.3, 0.4) is 0 Å². The standard InChI is InChI=1S/C21H27N3O3S2/c25-21(20-19(10-14-28-20)29(26,27)24-12-4-5-13-24)23-11-6-9-18(16-23)22-15-17-7-2-1-3-8-17/h1-3,7-8,10,14,18,22H,4-6,9,11-13,15-16H2/t18-/m0/s1. The number of nitrogens with zero attached hydrogens (tertiary/aromatic N) is 2. The first kappa shape index (κ1) is 20.5. The fourth-order valence-corrected chi connectivity index (χ4v) is 6.93. The normalized spacial score (nSPS) is 20.8. The van der Waals surface area contributed by atoms with Crippen molar-refractivity contribution in [2.45, 2.75) is 43.2 Å². The van der Waals surface area contributed by atoms with E-state index in [0.717, 1.165) is 32.2 Å². The third kappa shape index (κ3) is 4.55. The molecule has 0 spiro atoms. The summed E-state index contributed by atoms with van der Waals surface area (Å²) >= 11 is 1.23. The van der Waals surface area contributed by atoms with Crippen molar-refractivity contribution in [3.05, 3.63) is 52.2 Å². The molecule has 0 bridgehead atoms. The molecule has 1 aromatic heterocycles. The number of benzene rings is 1. The van der Waals surface area contributed by atoms with Gasteiger partial charge in [-0.2, -0.15) is 4.31 Å². The van der Waals surface area contributed by atoms with Gasteiger partial charge in [-0.15, -0.1) is 11.3 Å². The number of sulfonamides is 1. The summed E-state index contributed by atoms with van der Waals surface area (Å²) in [6.07, 6.45) is 3.69. The number of piperidine rings is 1. The second-order valence-corrected chi connectivity index (χ2v) is 10.5. The van der Waals surface area contributed by atoms with Crippen LogP contribution in [0.2, 0.25) is 0 Å². The van der Waals surface area contributed by atoms with Gasteiger partial charge in [-0.25, -0.2) is 8.42 Å². The highest BCUT2D eigenvalue weighted by molar-refractivity contribution is 7.89. The predicted octanol–water partition coefficient (Wildman–Crippen LogP) is 2.93. The molecule has 0 aliphatic carbocycles. The van der Waals surface area contributed by atoms with Gasteiger partial charge in [0.2, 0.25) is 10.0 Å². The molecule has 0 radical (unpaired) electrons. The molecule has 3 heterocycles. The Balaban J connectivity index is 1.44. The van der Waals surface area contributed by atoms with E-state index in [2.05, 4.69) is 17.4 Å². The quantitative estimate of drug-likeness (QED) is 0.761. The molecule has 156 valence electrons. The number of nitrogens with one attached hydrogen (secondary N) is 1. The number of rotatable bonds is 6. The van der Waals surface area contributed by atoms with Gasteiger partial charge in [-0.3, -0.25) is 4.79 Å². The summed E-state index contributed by atoms with van der Waals surface area (Å²) in [5.74, 6) is -0.163. The lowest BCUT2D eigenvalue weighted by molar-refractivity contribution is 0.0695. The van der Waals surface area contributed by atoms with Crippen LogP contribution >= 0.6 is 11.3 Å². The molecule has 2 aromatic rings. The molecule has 1 amide bonds. The maximum atomic E-state index is 13.2. The zero-order valence-electron chi connectivity index (χ0n) is 16.4. The smallest absolute Gasteiger partial charge is 0.265 e. The van der Waals surface area contributed by atoms with E-state index in [0.29, 0.717) is 31.1 Å². The number of carbonyl (C=O) groups excluding carboxylic acids is 1. The lowest BCUT2D eigenvalue weighted by atomic mass is 10.0. The molecule has 29 heavy (non-hydrogen) atoms. The first-order chi connectivity index (χ1) is 14.1. The summed E-state index contributed by atoms with van der Waals surface area (Å²) in [5.41, 5.74) is 1.22. The fourth-order valence-electron chi connectivity index (χ4n) is 4.05. The highest BCUT2D eigenvalue weighted by atomic mass is 32.2. The minimum atomic E-state index is -3.59. The topological polar surface area (TPSA) is 69.7 Å². The lowest BCUT2D eigenvalue weighted by Crippen LogP contribution is -2.47. The van der Waals surface area contributed by atoms with Gasteiger partial charge in [-0.05, 0) is 42.7 Å². The molecule has 0 saturated carbocycles. The number of likely N-dealkylation sites (tertiary alicyclic amines) is 1. The third-order valence-corrected chi connectivity index (χ3v) is 8.63. The number of thiophene rings is 1. The Morgan fingerprint density at radius 2 is 1.83 bits per heavy atom. The van der Waals surface area contributed by atoms with Crippen molar-refractivity contribution in [1.82, 2.24) is 14.5 Å². The van der Waals surface area contributed by atoms with Crippen LogP contribution in [0.15, 0.2) is 46.7 Å². The second-order valence-electron chi connectivity index (χ2n) is 7.68. The second kappa shape index (κ2) is 8.95. The molecule has 2 saturated heterocycles. The SMILES string of the molecule is O=C(c1sccc1S(=O)(=O)N1CCCC1)N1CCC[C@H](NCc2ccccc2)C1. The molecule has 0 unspecified atom stereocenters. The average Bonchev–Trinajstić information content (AvgIpc) is 3.45. The van der Waals surface area contributed by atoms with Crippen molar-refractivity contribution in [3.63, 3.8) is 0 Å². The van der Waals surface area contributed by atoms with E-state index in [4.69, 9.17) is 0 Å². The minimum Gasteiger partial charge on any atom is -0.336 e. The van der Waals surface area contributed by atoms with Crippen molar-refractivity contribution in [2.24, 2.45) is 0 Å². The fraction of sp³-hybridized carbons (Fsp3) is 0.476. The van der Waals surface area contributed by atoms with Crippen molar-refractivity contribution in [2.75, 3.05) is 26.2 Å². The molecule has 8 heteroatoms. The van der Waals surface area contributed by atoms with E-state index >= 15 is 0 Å². The van der Waals surface area contributed by atoms with Gasteiger partial charge < -0.3 is 10.2 Å². The van der Waals surface area contributed by atoms with Gasteiger partial charge in [-0.1, -0.05) is 30.3 Å².